The van der Waals surface area contributed by atoms with E-state index in [0.29, 0.717) is 17.1 Å². The summed E-state index contributed by atoms with van der Waals surface area (Å²) >= 11 is 1.41. The van der Waals surface area contributed by atoms with Crippen LogP contribution in [0.1, 0.15) is 15.2 Å². The van der Waals surface area contributed by atoms with Crippen molar-refractivity contribution in [2.75, 3.05) is 0 Å². The van der Waals surface area contributed by atoms with Crippen molar-refractivity contribution < 1.29 is 4.79 Å². The molecule has 132 valence electrons. The molecule has 2 aromatic heterocycles. The van der Waals surface area contributed by atoms with Crippen LogP contribution in [0.5, 0.6) is 0 Å². The maximum absolute atomic E-state index is 12.9. The van der Waals surface area contributed by atoms with E-state index in [1.807, 2.05) is 72.8 Å². The lowest BCUT2D eigenvalue weighted by atomic mass is 10.1. The van der Waals surface area contributed by atoms with Gasteiger partial charge in [0.25, 0.3) is 5.91 Å². The van der Waals surface area contributed by atoms with Crippen LogP contribution in [0.25, 0.3) is 21.8 Å². The van der Waals surface area contributed by atoms with Crippen LogP contribution in [0, 0.1) is 0 Å². The first kappa shape index (κ1) is 17.1. The summed E-state index contributed by atoms with van der Waals surface area (Å²) in [5.41, 5.74) is 3.61. The fourth-order valence-corrected chi connectivity index (χ4v) is 3.74. The van der Waals surface area contributed by atoms with E-state index < -0.39 is 0 Å². The Morgan fingerprint density at radius 1 is 0.889 bits per heavy atom. The van der Waals surface area contributed by atoms with Gasteiger partial charge in [0.15, 0.2) is 0 Å². The number of nitrogens with one attached hydrogen (secondary N) is 1. The summed E-state index contributed by atoms with van der Waals surface area (Å²) in [5.74, 6) is -0.127. The van der Waals surface area contributed by atoms with Crippen LogP contribution in [-0.4, -0.2) is 15.9 Å². The summed E-state index contributed by atoms with van der Waals surface area (Å²) in [5, 5.41) is 3.82. The van der Waals surface area contributed by atoms with Crippen LogP contribution in [-0.2, 0) is 6.54 Å². The minimum atomic E-state index is -0.127. The molecule has 0 aliphatic heterocycles. The maximum Gasteiger partial charge on any atom is 0.263 e. The summed E-state index contributed by atoms with van der Waals surface area (Å²) in [6.07, 6.45) is 3.47. The second-order valence-electron chi connectivity index (χ2n) is 5.97. The van der Waals surface area contributed by atoms with Crippen molar-refractivity contribution in [2.24, 2.45) is 0 Å². The number of benzene rings is 2. The number of carbonyl (C=O) groups excluding carboxylic acids is 1. The van der Waals surface area contributed by atoms with Crippen molar-refractivity contribution in [1.29, 1.82) is 0 Å². The highest BCUT2D eigenvalue weighted by Gasteiger charge is 2.20. The Balaban J connectivity index is 1.67. The third-order valence-corrected chi connectivity index (χ3v) is 5.18. The Kier molecular flexibility index (Phi) is 5.03. The first-order valence-corrected chi connectivity index (χ1v) is 9.41. The predicted octanol–water partition coefficient (Wildman–Crippen LogP) is 4.80. The second kappa shape index (κ2) is 7.93. The lowest BCUT2D eigenvalue weighted by Crippen LogP contribution is -2.22. The molecule has 0 spiro atoms. The predicted molar refractivity (Wildman–Crippen MR) is 108 cm³/mol. The molecule has 0 radical (unpaired) electrons. The molecule has 0 saturated carbocycles. The summed E-state index contributed by atoms with van der Waals surface area (Å²) in [7, 11) is 0. The maximum atomic E-state index is 12.9. The molecule has 1 N–H and O–H groups in total. The topological polar surface area (TPSA) is 54.9 Å². The molecule has 0 fully saturated rings. The molecule has 4 aromatic rings. The minimum Gasteiger partial charge on any atom is -0.347 e. The number of thiazole rings is 1. The van der Waals surface area contributed by atoms with Gasteiger partial charge in [-0.15, -0.1) is 11.3 Å². The number of carbonyl (C=O) groups is 1. The van der Waals surface area contributed by atoms with Gasteiger partial charge < -0.3 is 5.32 Å². The number of aromatic nitrogens is 2. The molecule has 2 heterocycles. The smallest absolute Gasteiger partial charge is 0.263 e. The first-order chi connectivity index (χ1) is 13.3. The molecule has 5 heteroatoms. The molecule has 0 atom stereocenters. The Hall–Kier alpha value is -3.31. The SMILES string of the molecule is O=C(NCc1cccnc1)c1sc(-c2ccccc2)nc1-c1ccccc1. The van der Waals surface area contributed by atoms with Crippen LogP contribution in [0.3, 0.4) is 0 Å². The molecule has 4 nitrogen and oxygen atoms in total. The monoisotopic (exact) mass is 371 g/mol. The molecule has 0 bridgehead atoms. The standard InChI is InChI=1S/C22H17N3OS/c26-21(24-15-16-8-7-13-23-14-16)20-19(17-9-3-1-4-10-17)25-22(27-20)18-11-5-2-6-12-18/h1-14H,15H2,(H,24,26). The van der Waals surface area contributed by atoms with E-state index in [-0.39, 0.29) is 5.91 Å². The average Bonchev–Trinajstić information content (AvgIpc) is 3.20. The van der Waals surface area contributed by atoms with Crippen LogP contribution >= 0.6 is 11.3 Å². The van der Waals surface area contributed by atoms with E-state index in [1.165, 1.54) is 11.3 Å². The highest BCUT2D eigenvalue weighted by molar-refractivity contribution is 7.17. The molecule has 0 aliphatic rings. The Bertz CT molecular complexity index is 1030. The third kappa shape index (κ3) is 3.93. The van der Waals surface area contributed by atoms with Crippen molar-refractivity contribution in [1.82, 2.24) is 15.3 Å². The van der Waals surface area contributed by atoms with Crippen molar-refractivity contribution in [2.45, 2.75) is 6.54 Å². The van der Waals surface area contributed by atoms with E-state index in [0.717, 1.165) is 21.7 Å². The van der Waals surface area contributed by atoms with Crippen LogP contribution < -0.4 is 5.32 Å². The van der Waals surface area contributed by atoms with Gasteiger partial charge >= 0.3 is 0 Å². The molecule has 2 aromatic carbocycles. The number of rotatable bonds is 5. The fraction of sp³-hybridized carbons (Fsp3) is 0.0455. The second-order valence-corrected chi connectivity index (χ2v) is 6.97. The number of amides is 1. The van der Waals surface area contributed by atoms with Gasteiger partial charge in [-0.2, -0.15) is 0 Å². The van der Waals surface area contributed by atoms with Gasteiger partial charge in [-0.05, 0) is 11.6 Å². The van der Waals surface area contributed by atoms with E-state index in [1.54, 1.807) is 12.4 Å². The molecule has 4 rings (SSSR count). The molecule has 0 saturated heterocycles. The minimum absolute atomic E-state index is 0.127. The van der Waals surface area contributed by atoms with E-state index in [4.69, 9.17) is 4.98 Å². The van der Waals surface area contributed by atoms with Crippen molar-refractivity contribution in [3.8, 4) is 21.8 Å². The fourth-order valence-electron chi connectivity index (χ4n) is 2.74. The lowest BCUT2D eigenvalue weighted by molar-refractivity contribution is 0.0955. The van der Waals surface area contributed by atoms with E-state index >= 15 is 0 Å². The highest BCUT2D eigenvalue weighted by atomic mass is 32.1. The first-order valence-electron chi connectivity index (χ1n) is 8.60. The summed E-state index contributed by atoms with van der Waals surface area (Å²) in [4.78, 5) is 22.4. The van der Waals surface area contributed by atoms with Crippen LogP contribution in [0.2, 0.25) is 0 Å². The van der Waals surface area contributed by atoms with E-state index in [9.17, 15) is 4.79 Å². The zero-order valence-corrected chi connectivity index (χ0v) is 15.3. The zero-order chi connectivity index (χ0) is 18.5. The lowest BCUT2D eigenvalue weighted by Gasteiger charge is -2.05. The van der Waals surface area contributed by atoms with Gasteiger partial charge in [0.1, 0.15) is 9.88 Å². The molecule has 0 aliphatic carbocycles. The normalized spacial score (nSPS) is 10.5. The Labute approximate surface area is 161 Å². The molecule has 27 heavy (non-hydrogen) atoms. The van der Waals surface area contributed by atoms with Gasteiger partial charge in [-0.1, -0.05) is 66.7 Å². The van der Waals surface area contributed by atoms with Gasteiger partial charge in [0, 0.05) is 30.1 Å². The van der Waals surface area contributed by atoms with Crippen molar-refractivity contribution >= 4 is 17.2 Å². The Morgan fingerprint density at radius 2 is 1.59 bits per heavy atom. The number of hydrogen-bond acceptors (Lipinski definition) is 4. The summed E-state index contributed by atoms with van der Waals surface area (Å²) < 4.78 is 0. The zero-order valence-electron chi connectivity index (χ0n) is 14.5. The van der Waals surface area contributed by atoms with E-state index in [2.05, 4.69) is 10.3 Å². The summed E-state index contributed by atoms with van der Waals surface area (Å²) in [6, 6.07) is 23.5. The van der Waals surface area contributed by atoms with Gasteiger partial charge in [-0.3, -0.25) is 9.78 Å². The Morgan fingerprint density at radius 3 is 2.26 bits per heavy atom. The van der Waals surface area contributed by atoms with Gasteiger partial charge in [0.2, 0.25) is 0 Å². The van der Waals surface area contributed by atoms with Crippen molar-refractivity contribution in [3.63, 3.8) is 0 Å². The number of hydrogen-bond donors (Lipinski definition) is 1. The molecule has 1 amide bonds. The molecule has 0 unspecified atom stereocenters. The molecular weight excluding hydrogens is 354 g/mol. The van der Waals surface area contributed by atoms with Crippen LogP contribution in [0.4, 0.5) is 0 Å². The average molecular weight is 371 g/mol. The van der Waals surface area contributed by atoms with Gasteiger partial charge in [0.05, 0.1) is 5.69 Å². The number of pyridine rings is 1. The van der Waals surface area contributed by atoms with Crippen LogP contribution in [0.15, 0.2) is 85.2 Å². The number of nitrogens with zero attached hydrogens (tertiary/aromatic N) is 2. The largest absolute Gasteiger partial charge is 0.347 e. The summed E-state index contributed by atoms with van der Waals surface area (Å²) in [6.45, 7) is 0.430. The third-order valence-electron chi connectivity index (χ3n) is 4.08. The van der Waals surface area contributed by atoms with Gasteiger partial charge in [-0.25, -0.2) is 4.98 Å². The quantitative estimate of drug-likeness (QED) is 0.548. The highest BCUT2D eigenvalue weighted by Crippen LogP contribution is 2.33. The molecular formula is C22H17N3OS. The van der Waals surface area contributed by atoms with Crippen molar-refractivity contribution in [3.05, 3.63) is 95.6 Å².